The van der Waals surface area contributed by atoms with E-state index in [1.807, 2.05) is 0 Å². The number of benzene rings is 1. The van der Waals surface area contributed by atoms with Gasteiger partial charge in [-0.1, -0.05) is 29.3 Å². The number of carbonyl (C=O) groups excluding carboxylic acids is 2. The van der Waals surface area contributed by atoms with Crippen LogP contribution in [0.25, 0.3) is 0 Å². The number of aliphatic carboxylic acids is 1. The molecule has 1 aromatic rings. The van der Waals surface area contributed by atoms with E-state index in [1.54, 1.807) is 12.1 Å². The lowest BCUT2D eigenvalue weighted by Crippen LogP contribution is -2.35. The fourth-order valence-corrected chi connectivity index (χ4v) is 3.41. The molecule has 2 atom stereocenters. The van der Waals surface area contributed by atoms with Crippen LogP contribution in [0.1, 0.15) is 6.42 Å². The van der Waals surface area contributed by atoms with Gasteiger partial charge in [0, 0.05) is 12.2 Å². The highest BCUT2D eigenvalue weighted by Gasteiger charge is 2.41. The summed E-state index contributed by atoms with van der Waals surface area (Å²) in [5, 5.41) is 8.43. The number of imide groups is 1. The summed E-state index contributed by atoms with van der Waals surface area (Å²) in [6.45, 7) is 0. The molecule has 1 heterocycles. The molecule has 0 aromatic heterocycles. The average molecular weight is 363 g/mol. The van der Waals surface area contributed by atoms with Gasteiger partial charge in [-0.3, -0.25) is 14.4 Å². The molecule has 0 unspecified atom stereocenters. The van der Waals surface area contributed by atoms with E-state index < -0.39 is 29.1 Å². The quantitative estimate of drug-likeness (QED) is 0.774. The fourth-order valence-electron chi connectivity index (χ4n) is 1.94. The van der Waals surface area contributed by atoms with Crippen molar-refractivity contribution in [2.75, 3.05) is 10.7 Å². The number of nitrogens with zero attached hydrogens (tertiary/aromatic N) is 1. The van der Waals surface area contributed by atoms with Crippen LogP contribution in [0.5, 0.6) is 0 Å². The molecule has 9 heteroatoms. The van der Waals surface area contributed by atoms with E-state index >= 15 is 0 Å². The van der Waals surface area contributed by atoms with Crippen molar-refractivity contribution in [1.29, 1.82) is 0 Å². The Labute approximate surface area is 140 Å². The Morgan fingerprint density at radius 2 is 2.14 bits per heavy atom. The first-order valence-electron chi connectivity index (χ1n) is 6.23. The van der Waals surface area contributed by atoms with E-state index in [0.29, 0.717) is 0 Å². The zero-order valence-electron chi connectivity index (χ0n) is 11.2. The van der Waals surface area contributed by atoms with Crippen LogP contribution in [0, 0.1) is 0 Å². The summed E-state index contributed by atoms with van der Waals surface area (Å²) in [5.74, 6) is -1.97. The molecule has 2 rings (SSSR count). The standard InChI is InChI=1S/C13H12Cl2N2O4S/c14-6-2-1-3-8(11(6)15)17-10(18)4-9(12(17)19)22-5-7(16)13(20)21/h1-3,7,9H,4-5,16H2,(H,20,21)/t7-,9+/m1/s1. The molecular formula is C13H12Cl2N2O4S. The predicted molar refractivity (Wildman–Crippen MR) is 85.4 cm³/mol. The monoisotopic (exact) mass is 362 g/mol. The molecule has 0 spiro atoms. The van der Waals surface area contributed by atoms with E-state index in [-0.39, 0.29) is 27.9 Å². The minimum absolute atomic E-state index is 0.0291. The summed E-state index contributed by atoms with van der Waals surface area (Å²) >= 11 is 13.0. The Balaban J connectivity index is 2.15. The molecule has 1 aliphatic heterocycles. The van der Waals surface area contributed by atoms with Crippen LogP contribution in [0.2, 0.25) is 10.0 Å². The third-order valence-electron chi connectivity index (χ3n) is 3.07. The molecule has 1 aliphatic rings. The van der Waals surface area contributed by atoms with E-state index in [1.165, 1.54) is 6.07 Å². The Bertz CT molecular complexity index is 640. The summed E-state index contributed by atoms with van der Waals surface area (Å²) in [4.78, 5) is 36.1. The maximum atomic E-state index is 12.4. The Hall–Kier alpha value is -1.28. The number of amides is 2. The number of halogens is 2. The van der Waals surface area contributed by atoms with Crippen molar-refractivity contribution in [1.82, 2.24) is 0 Å². The average Bonchev–Trinajstić information content (AvgIpc) is 2.74. The minimum Gasteiger partial charge on any atom is -0.480 e. The van der Waals surface area contributed by atoms with Crippen LogP contribution in [-0.4, -0.2) is 39.9 Å². The molecule has 1 saturated heterocycles. The Morgan fingerprint density at radius 1 is 1.45 bits per heavy atom. The first kappa shape index (κ1) is 17.1. The van der Waals surface area contributed by atoms with E-state index in [2.05, 4.69) is 0 Å². The van der Waals surface area contributed by atoms with Crippen LogP contribution in [0.4, 0.5) is 5.69 Å². The normalized spacial score (nSPS) is 19.6. The molecule has 0 radical (unpaired) electrons. The molecule has 0 saturated carbocycles. The summed E-state index contributed by atoms with van der Waals surface area (Å²) in [5.41, 5.74) is 5.63. The number of carbonyl (C=O) groups is 3. The van der Waals surface area contributed by atoms with Crippen LogP contribution in [0.3, 0.4) is 0 Å². The number of rotatable bonds is 5. The van der Waals surface area contributed by atoms with Crippen molar-refractivity contribution in [2.24, 2.45) is 5.73 Å². The van der Waals surface area contributed by atoms with Gasteiger partial charge >= 0.3 is 5.97 Å². The molecule has 3 N–H and O–H groups in total. The molecular weight excluding hydrogens is 351 g/mol. The molecule has 0 aliphatic carbocycles. The SMILES string of the molecule is N[C@H](CS[C@H]1CC(=O)N(c2cccc(Cl)c2Cl)C1=O)C(=O)O. The fraction of sp³-hybridized carbons (Fsp3) is 0.308. The summed E-state index contributed by atoms with van der Waals surface area (Å²) < 4.78 is 0. The maximum absolute atomic E-state index is 12.4. The highest BCUT2D eigenvalue weighted by molar-refractivity contribution is 8.00. The van der Waals surface area contributed by atoms with Crippen molar-refractivity contribution in [2.45, 2.75) is 17.7 Å². The Morgan fingerprint density at radius 3 is 2.77 bits per heavy atom. The highest BCUT2D eigenvalue weighted by Crippen LogP contribution is 2.37. The lowest BCUT2D eigenvalue weighted by Gasteiger charge is -2.17. The number of thioether (sulfide) groups is 1. The van der Waals surface area contributed by atoms with Crippen molar-refractivity contribution in [3.8, 4) is 0 Å². The largest absolute Gasteiger partial charge is 0.480 e. The van der Waals surface area contributed by atoms with Gasteiger partial charge in [-0.15, -0.1) is 11.8 Å². The van der Waals surface area contributed by atoms with Gasteiger partial charge in [-0.25, -0.2) is 4.90 Å². The lowest BCUT2D eigenvalue weighted by molar-refractivity contribution is -0.138. The number of anilines is 1. The summed E-state index contributed by atoms with van der Waals surface area (Å²) in [7, 11) is 0. The Kier molecular flexibility index (Phi) is 5.33. The molecule has 1 aromatic carbocycles. The van der Waals surface area contributed by atoms with E-state index in [9.17, 15) is 14.4 Å². The van der Waals surface area contributed by atoms with Gasteiger partial charge in [0.05, 0.1) is 21.0 Å². The molecule has 6 nitrogen and oxygen atoms in total. The zero-order chi connectivity index (χ0) is 16.4. The van der Waals surface area contributed by atoms with Gasteiger partial charge in [-0.2, -0.15) is 0 Å². The van der Waals surface area contributed by atoms with Gasteiger partial charge in [-0.05, 0) is 12.1 Å². The van der Waals surface area contributed by atoms with Crippen LogP contribution >= 0.6 is 35.0 Å². The van der Waals surface area contributed by atoms with Gasteiger partial charge in [0.25, 0.3) is 0 Å². The molecule has 22 heavy (non-hydrogen) atoms. The van der Waals surface area contributed by atoms with E-state index in [4.69, 9.17) is 34.0 Å². The predicted octanol–water partition coefficient (Wildman–Crippen LogP) is 1.77. The smallest absolute Gasteiger partial charge is 0.321 e. The summed E-state index contributed by atoms with van der Waals surface area (Å²) in [6, 6.07) is 3.58. The summed E-state index contributed by atoms with van der Waals surface area (Å²) in [6.07, 6.45) is -0.0291. The van der Waals surface area contributed by atoms with Gasteiger partial charge in [0.2, 0.25) is 11.8 Å². The van der Waals surface area contributed by atoms with Crippen LogP contribution in [-0.2, 0) is 14.4 Å². The molecule has 2 amide bonds. The number of carboxylic acids is 1. The van der Waals surface area contributed by atoms with Crippen molar-refractivity contribution in [3.63, 3.8) is 0 Å². The lowest BCUT2D eigenvalue weighted by atomic mass is 10.3. The third kappa shape index (κ3) is 3.38. The van der Waals surface area contributed by atoms with Crippen LogP contribution < -0.4 is 10.6 Å². The second kappa shape index (κ2) is 6.87. The van der Waals surface area contributed by atoms with Crippen molar-refractivity contribution < 1.29 is 19.5 Å². The topological polar surface area (TPSA) is 101 Å². The van der Waals surface area contributed by atoms with Gasteiger partial charge in [0.1, 0.15) is 6.04 Å². The van der Waals surface area contributed by atoms with Gasteiger partial charge < -0.3 is 10.8 Å². The van der Waals surface area contributed by atoms with Crippen LogP contribution in [0.15, 0.2) is 18.2 Å². The number of hydrogen-bond donors (Lipinski definition) is 2. The van der Waals surface area contributed by atoms with Crippen molar-refractivity contribution in [3.05, 3.63) is 28.2 Å². The number of nitrogens with two attached hydrogens (primary N) is 1. The van der Waals surface area contributed by atoms with E-state index in [0.717, 1.165) is 16.7 Å². The molecule has 1 fully saturated rings. The second-order valence-electron chi connectivity index (χ2n) is 4.61. The number of hydrogen-bond acceptors (Lipinski definition) is 5. The highest BCUT2D eigenvalue weighted by atomic mass is 35.5. The third-order valence-corrected chi connectivity index (χ3v) is 5.20. The second-order valence-corrected chi connectivity index (χ2v) is 6.63. The first-order chi connectivity index (χ1) is 10.3. The zero-order valence-corrected chi connectivity index (χ0v) is 13.5. The van der Waals surface area contributed by atoms with Gasteiger partial charge in [0.15, 0.2) is 0 Å². The molecule has 0 bridgehead atoms. The first-order valence-corrected chi connectivity index (χ1v) is 8.04. The van der Waals surface area contributed by atoms with Crippen molar-refractivity contribution >= 4 is 58.4 Å². The maximum Gasteiger partial charge on any atom is 0.321 e. The number of carboxylic acid groups (broad SMARTS) is 1. The minimum atomic E-state index is -1.15. The molecule has 118 valence electrons.